The molecule has 0 aromatic heterocycles. The fourth-order valence-corrected chi connectivity index (χ4v) is 2.02. The molecule has 0 saturated carbocycles. The second kappa shape index (κ2) is 8.67. The summed E-state index contributed by atoms with van der Waals surface area (Å²) >= 11 is 5.49. The van der Waals surface area contributed by atoms with E-state index in [1.54, 1.807) is 0 Å². The first-order valence-electron chi connectivity index (χ1n) is 6.89. The molecule has 0 fully saturated rings. The van der Waals surface area contributed by atoms with Gasteiger partial charge in [-0.05, 0) is 25.2 Å². The van der Waals surface area contributed by atoms with Gasteiger partial charge < -0.3 is 10.6 Å². The predicted octanol–water partition coefficient (Wildman–Crippen LogP) is 1.68. The summed E-state index contributed by atoms with van der Waals surface area (Å²) in [5.41, 5.74) is -1.14. The molecule has 0 atom stereocenters. The van der Waals surface area contributed by atoms with Gasteiger partial charge in [-0.25, -0.2) is 4.79 Å². The number of rotatable bonds is 5. The van der Waals surface area contributed by atoms with Crippen molar-refractivity contribution in [2.45, 2.75) is 6.18 Å². The summed E-state index contributed by atoms with van der Waals surface area (Å²) in [6.45, 7) is -0.527. The zero-order valence-corrected chi connectivity index (χ0v) is 14.1. The Bertz CT molecular complexity index is 667. The average molecular weight is 381 g/mol. The van der Waals surface area contributed by atoms with Crippen LogP contribution in [-0.4, -0.2) is 49.9 Å². The van der Waals surface area contributed by atoms with Gasteiger partial charge in [0.2, 0.25) is 11.8 Å². The molecule has 138 valence electrons. The minimum atomic E-state index is -4.65. The van der Waals surface area contributed by atoms with Crippen molar-refractivity contribution in [1.82, 2.24) is 15.5 Å². The fraction of sp³-hybridized carbons (Fsp3) is 0.357. The predicted molar refractivity (Wildman–Crippen MR) is 85.2 cm³/mol. The van der Waals surface area contributed by atoms with Crippen LogP contribution in [0.1, 0.15) is 5.56 Å². The van der Waals surface area contributed by atoms with Crippen molar-refractivity contribution >= 4 is 35.1 Å². The Morgan fingerprint density at radius 1 is 1.16 bits per heavy atom. The van der Waals surface area contributed by atoms with Gasteiger partial charge >= 0.3 is 12.2 Å². The monoisotopic (exact) mass is 380 g/mol. The molecular formula is C14H16ClF3N4O3. The smallest absolute Gasteiger partial charge is 0.341 e. The molecule has 1 rings (SSSR count). The van der Waals surface area contributed by atoms with Crippen LogP contribution in [-0.2, 0) is 15.8 Å². The Morgan fingerprint density at radius 2 is 1.76 bits per heavy atom. The van der Waals surface area contributed by atoms with Crippen LogP contribution in [0.3, 0.4) is 0 Å². The lowest BCUT2D eigenvalue weighted by atomic mass is 10.2. The number of nitrogens with zero attached hydrogens (tertiary/aromatic N) is 1. The molecule has 0 radical (unpaired) electrons. The zero-order valence-electron chi connectivity index (χ0n) is 13.3. The highest BCUT2D eigenvalue weighted by Gasteiger charge is 2.33. The number of carbonyl (C=O) groups excluding carboxylic acids is 3. The van der Waals surface area contributed by atoms with Crippen molar-refractivity contribution in [3.8, 4) is 0 Å². The second-order valence-corrected chi connectivity index (χ2v) is 5.45. The van der Waals surface area contributed by atoms with E-state index in [4.69, 9.17) is 11.6 Å². The minimum Gasteiger partial charge on any atom is -0.341 e. The summed E-state index contributed by atoms with van der Waals surface area (Å²) in [6, 6.07) is 2.29. The van der Waals surface area contributed by atoms with E-state index in [0.29, 0.717) is 0 Å². The third-order valence-corrected chi connectivity index (χ3v) is 3.19. The van der Waals surface area contributed by atoms with Crippen LogP contribution in [0.2, 0.25) is 5.02 Å². The Kier molecular flexibility index (Phi) is 7.19. The van der Waals surface area contributed by atoms with Crippen molar-refractivity contribution in [3.05, 3.63) is 28.8 Å². The lowest BCUT2D eigenvalue weighted by Gasteiger charge is -2.16. The quantitative estimate of drug-likeness (QED) is 0.725. The maximum Gasteiger partial charge on any atom is 0.417 e. The summed E-state index contributed by atoms with van der Waals surface area (Å²) in [4.78, 5) is 35.6. The number of halogens is 4. The number of carbonyl (C=O) groups is 3. The number of amides is 4. The van der Waals surface area contributed by atoms with E-state index in [9.17, 15) is 27.6 Å². The number of nitrogens with one attached hydrogen (secondary N) is 3. The van der Waals surface area contributed by atoms with Gasteiger partial charge in [-0.1, -0.05) is 11.6 Å². The second-order valence-electron chi connectivity index (χ2n) is 5.04. The van der Waals surface area contributed by atoms with Crippen LogP contribution in [0, 0.1) is 0 Å². The van der Waals surface area contributed by atoms with Gasteiger partial charge in [0.25, 0.3) is 0 Å². The van der Waals surface area contributed by atoms with E-state index in [1.807, 2.05) is 5.32 Å². The Balaban J connectivity index is 2.62. The molecule has 0 bridgehead atoms. The topological polar surface area (TPSA) is 90.5 Å². The fourth-order valence-electron chi connectivity index (χ4n) is 1.80. The number of anilines is 1. The van der Waals surface area contributed by atoms with Crippen molar-refractivity contribution in [3.63, 3.8) is 0 Å². The average Bonchev–Trinajstić information content (AvgIpc) is 2.47. The number of hydrogen-bond acceptors (Lipinski definition) is 4. The molecule has 25 heavy (non-hydrogen) atoms. The van der Waals surface area contributed by atoms with Crippen LogP contribution < -0.4 is 16.0 Å². The lowest BCUT2D eigenvalue weighted by molar-refractivity contribution is -0.137. The van der Waals surface area contributed by atoms with Crippen molar-refractivity contribution in [2.24, 2.45) is 0 Å². The summed E-state index contributed by atoms with van der Waals surface area (Å²) in [5.74, 6) is -1.27. The molecule has 0 spiro atoms. The Labute approximate surface area is 146 Å². The molecule has 0 saturated heterocycles. The molecule has 4 amide bonds. The van der Waals surface area contributed by atoms with Crippen LogP contribution >= 0.6 is 11.6 Å². The molecule has 0 heterocycles. The van der Waals surface area contributed by atoms with E-state index >= 15 is 0 Å². The van der Waals surface area contributed by atoms with E-state index < -0.39 is 34.6 Å². The normalized spacial score (nSPS) is 11.2. The zero-order chi connectivity index (χ0) is 19.2. The molecule has 1 aromatic carbocycles. The highest BCUT2D eigenvalue weighted by molar-refractivity contribution is 6.31. The third kappa shape index (κ3) is 6.98. The van der Waals surface area contributed by atoms with E-state index in [-0.39, 0.29) is 18.8 Å². The molecule has 1 aromatic rings. The highest BCUT2D eigenvalue weighted by atomic mass is 35.5. The van der Waals surface area contributed by atoms with Crippen molar-refractivity contribution in [2.75, 3.05) is 32.5 Å². The largest absolute Gasteiger partial charge is 0.417 e. The van der Waals surface area contributed by atoms with Gasteiger partial charge in [0.15, 0.2) is 0 Å². The Hall–Kier alpha value is -2.33. The van der Waals surface area contributed by atoms with E-state index in [0.717, 1.165) is 12.1 Å². The summed E-state index contributed by atoms with van der Waals surface area (Å²) < 4.78 is 38.3. The molecular weight excluding hydrogens is 365 g/mol. The van der Waals surface area contributed by atoms with Gasteiger partial charge in [-0.3, -0.25) is 19.8 Å². The summed E-state index contributed by atoms with van der Waals surface area (Å²) in [7, 11) is 2.77. The molecule has 0 unspecified atom stereocenters. The number of alkyl halides is 3. The highest BCUT2D eigenvalue weighted by Crippen LogP contribution is 2.36. The molecule has 0 aliphatic carbocycles. The lowest BCUT2D eigenvalue weighted by Crippen LogP contribution is -2.44. The number of imide groups is 1. The number of benzene rings is 1. The van der Waals surface area contributed by atoms with Crippen molar-refractivity contribution in [1.29, 1.82) is 0 Å². The maximum absolute atomic E-state index is 12.8. The number of urea groups is 1. The maximum atomic E-state index is 12.8. The summed E-state index contributed by atoms with van der Waals surface area (Å²) in [5, 5.41) is 6.01. The van der Waals surface area contributed by atoms with Crippen LogP contribution in [0.15, 0.2) is 18.2 Å². The summed E-state index contributed by atoms with van der Waals surface area (Å²) in [6.07, 6.45) is -4.65. The number of likely N-dealkylation sites (N-methyl/N-ethyl adjacent to an activating group) is 1. The Morgan fingerprint density at radius 3 is 2.32 bits per heavy atom. The third-order valence-electron chi connectivity index (χ3n) is 2.86. The van der Waals surface area contributed by atoms with Crippen LogP contribution in [0.4, 0.5) is 23.7 Å². The van der Waals surface area contributed by atoms with E-state index in [2.05, 4.69) is 10.6 Å². The van der Waals surface area contributed by atoms with Crippen molar-refractivity contribution < 1.29 is 27.6 Å². The van der Waals surface area contributed by atoms with Gasteiger partial charge in [0.1, 0.15) is 0 Å². The number of hydrogen-bond donors (Lipinski definition) is 3. The molecule has 0 aliphatic rings. The SMILES string of the molecule is CNC(=O)NC(=O)CN(C)CC(=O)Nc1ccc(Cl)c(C(F)(F)F)c1. The molecule has 7 nitrogen and oxygen atoms in total. The molecule has 3 N–H and O–H groups in total. The first-order chi connectivity index (χ1) is 11.5. The standard InChI is InChI=1S/C14H16ClF3N4O3/c1-19-13(25)21-12(24)7-22(2)6-11(23)20-8-3-4-10(15)9(5-8)14(16,17)18/h3-5H,6-7H2,1-2H3,(H,20,23)(H2,19,21,24,25). The first-order valence-corrected chi connectivity index (χ1v) is 7.27. The van der Waals surface area contributed by atoms with Gasteiger partial charge in [-0.15, -0.1) is 0 Å². The van der Waals surface area contributed by atoms with Gasteiger partial charge in [0.05, 0.1) is 23.7 Å². The molecule has 0 aliphatic heterocycles. The van der Waals surface area contributed by atoms with Crippen LogP contribution in [0.25, 0.3) is 0 Å². The van der Waals surface area contributed by atoms with Crippen LogP contribution in [0.5, 0.6) is 0 Å². The van der Waals surface area contributed by atoms with Gasteiger partial charge in [-0.2, -0.15) is 13.2 Å². The minimum absolute atomic E-state index is 0.0788. The van der Waals surface area contributed by atoms with E-state index in [1.165, 1.54) is 25.1 Å². The van der Waals surface area contributed by atoms with Gasteiger partial charge in [0, 0.05) is 12.7 Å². The first kappa shape index (κ1) is 20.7. The molecule has 11 heteroatoms.